The Kier molecular flexibility index (Phi) is 3.05. The normalized spacial score (nSPS) is 16.5. The monoisotopic (exact) mass is 256 g/mol. The van der Waals surface area contributed by atoms with Crippen LogP contribution in [0.5, 0.6) is 0 Å². The number of carbonyl (C=O) groups is 1. The molecule has 0 spiro atoms. The lowest BCUT2D eigenvalue weighted by Crippen LogP contribution is -2.36. The summed E-state index contributed by atoms with van der Waals surface area (Å²) >= 11 is 0. The molecule has 19 heavy (non-hydrogen) atoms. The number of nitrogens with two attached hydrogens (primary N) is 1. The van der Waals surface area contributed by atoms with Gasteiger partial charge in [0.2, 0.25) is 5.91 Å². The highest BCUT2D eigenvalue weighted by Crippen LogP contribution is 2.28. The van der Waals surface area contributed by atoms with E-state index in [0.29, 0.717) is 6.54 Å². The highest BCUT2D eigenvalue weighted by atomic mass is 16.1. The van der Waals surface area contributed by atoms with Gasteiger partial charge in [0.15, 0.2) is 0 Å². The molecule has 5 heteroatoms. The maximum atomic E-state index is 10.9. The predicted molar refractivity (Wildman–Crippen MR) is 74.3 cm³/mol. The van der Waals surface area contributed by atoms with Crippen molar-refractivity contribution < 1.29 is 4.79 Å². The second kappa shape index (κ2) is 4.85. The van der Waals surface area contributed by atoms with E-state index in [0.717, 1.165) is 30.5 Å². The molecule has 5 nitrogen and oxygen atoms in total. The number of amides is 1. The third-order valence-electron chi connectivity index (χ3n) is 3.47. The Bertz CT molecular complexity index is 644. The molecular weight excluding hydrogens is 240 g/mol. The average molecular weight is 256 g/mol. The summed E-state index contributed by atoms with van der Waals surface area (Å²) in [5.74, 6) is -0.270. The topological polar surface area (TPSA) is 75.0 Å². The van der Waals surface area contributed by atoms with Crippen molar-refractivity contribution in [1.82, 2.24) is 14.9 Å². The predicted octanol–water partition coefficient (Wildman–Crippen LogP) is 1.14. The van der Waals surface area contributed by atoms with E-state index in [4.69, 9.17) is 5.73 Å². The minimum Gasteiger partial charge on any atom is -0.369 e. The van der Waals surface area contributed by atoms with Crippen molar-refractivity contribution in [3.05, 3.63) is 36.2 Å². The molecule has 0 bridgehead atoms. The Morgan fingerprint density at radius 3 is 3.16 bits per heavy atom. The quantitative estimate of drug-likeness (QED) is 0.864. The molecular formula is C14H16N4O. The fraction of sp³-hybridized carbons (Fsp3) is 0.286. The van der Waals surface area contributed by atoms with Crippen molar-refractivity contribution in [1.29, 1.82) is 0 Å². The number of hydrogen-bond acceptors (Lipinski definition) is 3. The summed E-state index contributed by atoms with van der Waals surface area (Å²) in [4.78, 5) is 20.4. The zero-order valence-corrected chi connectivity index (χ0v) is 10.6. The van der Waals surface area contributed by atoms with Crippen molar-refractivity contribution >= 4 is 22.5 Å². The number of primary amides is 1. The summed E-state index contributed by atoms with van der Waals surface area (Å²) in [5, 5.41) is 1.15. The molecule has 0 saturated carbocycles. The number of rotatable bonds is 3. The van der Waals surface area contributed by atoms with E-state index in [1.807, 2.05) is 12.3 Å². The Morgan fingerprint density at radius 2 is 2.42 bits per heavy atom. The zero-order chi connectivity index (χ0) is 13.2. The third kappa shape index (κ3) is 2.37. The van der Waals surface area contributed by atoms with Gasteiger partial charge in [-0.1, -0.05) is 6.08 Å². The van der Waals surface area contributed by atoms with Gasteiger partial charge in [-0.15, -0.1) is 0 Å². The van der Waals surface area contributed by atoms with Crippen molar-refractivity contribution in [3.8, 4) is 0 Å². The molecule has 1 amide bonds. The van der Waals surface area contributed by atoms with Crippen LogP contribution in [-0.2, 0) is 4.79 Å². The summed E-state index contributed by atoms with van der Waals surface area (Å²) in [7, 11) is 0. The first-order valence-electron chi connectivity index (χ1n) is 6.36. The van der Waals surface area contributed by atoms with E-state index in [1.165, 1.54) is 11.1 Å². The van der Waals surface area contributed by atoms with Crippen LogP contribution in [0.1, 0.15) is 12.0 Å². The fourth-order valence-corrected chi connectivity index (χ4v) is 2.54. The minimum atomic E-state index is -0.270. The summed E-state index contributed by atoms with van der Waals surface area (Å²) in [5.41, 5.74) is 8.64. The summed E-state index contributed by atoms with van der Waals surface area (Å²) in [6.07, 6.45) is 6.89. The molecule has 2 aromatic rings. The number of carbonyl (C=O) groups excluding carboxylic acids is 1. The maximum absolute atomic E-state index is 10.9. The number of hydrogen-bond donors (Lipinski definition) is 2. The average Bonchev–Trinajstić information content (AvgIpc) is 2.83. The van der Waals surface area contributed by atoms with Crippen LogP contribution in [0, 0.1) is 0 Å². The van der Waals surface area contributed by atoms with Gasteiger partial charge in [-0.2, -0.15) is 0 Å². The van der Waals surface area contributed by atoms with Crippen LogP contribution in [0.2, 0.25) is 0 Å². The number of aromatic nitrogens is 2. The van der Waals surface area contributed by atoms with Crippen LogP contribution >= 0.6 is 0 Å². The molecule has 0 unspecified atom stereocenters. The lowest BCUT2D eigenvalue weighted by atomic mass is 9.99. The lowest BCUT2D eigenvalue weighted by Gasteiger charge is -2.24. The number of pyridine rings is 1. The number of H-pyrrole nitrogens is 1. The van der Waals surface area contributed by atoms with Gasteiger partial charge in [0.05, 0.1) is 6.54 Å². The second-order valence-corrected chi connectivity index (χ2v) is 4.78. The molecule has 0 atom stereocenters. The van der Waals surface area contributed by atoms with Gasteiger partial charge in [0, 0.05) is 36.4 Å². The standard InChI is InChI=1S/C14H16N4O/c15-13(19)9-18-6-3-10(4-7-18)12-8-17-14-11(12)2-1-5-16-14/h1-3,5,8H,4,6-7,9H2,(H2,15,19)(H,16,17). The molecule has 98 valence electrons. The Balaban J connectivity index is 1.84. The van der Waals surface area contributed by atoms with E-state index in [-0.39, 0.29) is 5.91 Å². The first-order chi connectivity index (χ1) is 9.24. The van der Waals surface area contributed by atoms with E-state index >= 15 is 0 Å². The van der Waals surface area contributed by atoms with Gasteiger partial charge < -0.3 is 10.7 Å². The first kappa shape index (κ1) is 11.9. The van der Waals surface area contributed by atoms with Crippen LogP contribution in [-0.4, -0.2) is 40.4 Å². The molecule has 3 rings (SSSR count). The summed E-state index contributed by atoms with van der Waals surface area (Å²) in [6, 6.07) is 4.02. The van der Waals surface area contributed by atoms with Gasteiger partial charge in [-0.25, -0.2) is 4.98 Å². The fourth-order valence-electron chi connectivity index (χ4n) is 2.54. The summed E-state index contributed by atoms with van der Waals surface area (Å²) < 4.78 is 0. The van der Waals surface area contributed by atoms with E-state index < -0.39 is 0 Å². The van der Waals surface area contributed by atoms with Gasteiger partial charge >= 0.3 is 0 Å². The van der Waals surface area contributed by atoms with Crippen molar-refractivity contribution in [2.24, 2.45) is 5.73 Å². The van der Waals surface area contributed by atoms with Crippen LogP contribution in [0.3, 0.4) is 0 Å². The number of aromatic amines is 1. The van der Waals surface area contributed by atoms with E-state index in [2.05, 4.69) is 27.0 Å². The van der Waals surface area contributed by atoms with Crippen molar-refractivity contribution in [2.45, 2.75) is 6.42 Å². The van der Waals surface area contributed by atoms with Gasteiger partial charge in [0.1, 0.15) is 5.65 Å². The number of nitrogens with one attached hydrogen (secondary N) is 1. The van der Waals surface area contributed by atoms with Crippen molar-refractivity contribution in [3.63, 3.8) is 0 Å². The third-order valence-corrected chi connectivity index (χ3v) is 3.47. The molecule has 0 radical (unpaired) electrons. The molecule has 3 N–H and O–H groups in total. The number of nitrogens with zero attached hydrogens (tertiary/aromatic N) is 2. The summed E-state index contributed by atoms with van der Waals surface area (Å²) in [6.45, 7) is 1.96. The van der Waals surface area contributed by atoms with Gasteiger partial charge in [-0.3, -0.25) is 9.69 Å². The highest BCUT2D eigenvalue weighted by molar-refractivity contribution is 5.90. The van der Waals surface area contributed by atoms with Crippen LogP contribution in [0.25, 0.3) is 16.6 Å². The molecule has 0 aliphatic carbocycles. The van der Waals surface area contributed by atoms with Crippen molar-refractivity contribution in [2.75, 3.05) is 19.6 Å². The Morgan fingerprint density at radius 1 is 1.53 bits per heavy atom. The van der Waals surface area contributed by atoms with Crippen LogP contribution in [0.15, 0.2) is 30.6 Å². The van der Waals surface area contributed by atoms with E-state index in [1.54, 1.807) is 6.20 Å². The van der Waals surface area contributed by atoms with Crippen LogP contribution < -0.4 is 5.73 Å². The molecule has 3 heterocycles. The molecule has 0 aromatic carbocycles. The largest absolute Gasteiger partial charge is 0.369 e. The zero-order valence-electron chi connectivity index (χ0n) is 10.6. The molecule has 0 fully saturated rings. The Labute approximate surface area is 111 Å². The van der Waals surface area contributed by atoms with Gasteiger partial charge in [0.25, 0.3) is 0 Å². The molecule has 0 saturated heterocycles. The second-order valence-electron chi connectivity index (χ2n) is 4.78. The molecule has 1 aliphatic rings. The lowest BCUT2D eigenvalue weighted by molar-refractivity contribution is -0.119. The highest BCUT2D eigenvalue weighted by Gasteiger charge is 2.16. The smallest absolute Gasteiger partial charge is 0.231 e. The van der Waals surface area contributed by atoms with Crippen LogP contribution in [0.4, 0.5) is 0 Å². The van der Waals surface area contributed by atoms with E-state index in [9.17, 15) is 4.79 Å². The molecule has 2 aromatic heterocycles. The first-order valence-corrected chi connectivity index (χ1v) is 6.36. The number of fused-ring (bicyclic) bond motifs is 1. The SMILES string of the molecule is NC(=O)CN1CC=C(c2c[nH]c3ncccc23)CC1. The minimum absolute atomic E-state index is 0.270. The Hall–Kier alpha value is -2.14. The molecule has 1 aliphatic heterocycles. The van der Waals surface area contributed by atoms with Gasteiger partial charge in [-0.05, 0) is 24.1 Å². The maximum Gasteiger partial charge on any atom is 0.231 e.